The first-order valence-electron chi connectivity index (χ1n) is 11.9. The van der Waals surface area contributed by atoms with E-state index in [1.165, 1.54) is 42.0 Å². The predicted molar refractivity (Wildman–Crippen MR) is 127 cm³/mol. The third kappa shape index (κ3) is 5.53. The Morgan fingerprint density at radius 3 is 2.39 bits per heavy atom. The van der Waals surface area contributed by atoms with Crippen LogP contribution in [-0.2, 0) is 26.0 Å². The van der Waals surface area contributed by atoms with Crippen LogP contribution in [0.25, 0.3) is 0 Å². The molecule has 3 fully saturated rings. The van der Waals surface area contributed by atoms with Gasteiger partial charge in [-0.1, -0.05) is 31.7 Å². The minimum Gasteiger partial charge on any atom is -0.381 e. The number of sulfonamides is 1. The maximum Gasteiger partial charge on any atom is 0.266 e. The standard InChI is InChI=1S/C23H35N3O5S.ClH/c27-22(25-28)23(11-15-31-16-12-23)32(29,30)26-13-9-20(10-14-26)21-8-7-19(17-24-21)6-5-18-3-1-2-4-18;/h7-8,17-18,20,28H,1-6,9-16H2,(H,25,27);1H. The van der Waals surface area contributed by atoms with Crippen molar-refractivity contribution in [2.24, 2.45) is 5.92 Å². The molecule has 1 aliphatic carbocycles. The Bertz CT molecular complexity index is 876. The van der Waals surface area contributed by atoms with Crippen molar-refractivity contribution >= 4 is 28.3 Å². The topological polar surface area (TPSA) is 109 Å². The van der Waals surface area contributed by atoms with Crippen LogP contribution in [0.3, 0.4) is 0 Å². The van der Waals surface area contributed by atoms with E-state index in [2.05, 4.69) is 12.1 Å². The van der Waals surface area contributed by atoms with E-state index in [0.29, 0.717) is 25.9 Å². The number of hydrogen-bond donors (Lipinski definition) is 2. The van der Waals surface area contributed by atoms with Gasteiger partial charge < -0.3 is 4.74 Å². The van der Waals surface area contributed by atoms with E-state index in [0.717, 1.165) is 18.0 Å². The zero-order chi connectivity index (χ0) is 22.6. The van der Waals surface area contributed by atoms with Crippen LogP contribution in [0.4, 0.5) is 0 Å². The van der Waals surface area contributed by atoms with Crippen molar-refractivity contribution in [3.8, 4) is 0 Å². The highest BCUT2D eigenvalue weighted by Gasteiger charge is 2.54. The van der Waals surface area contributed by atoms with E-state index in [1.807, 2.05) is 6.20 Å². The van der Waals surface area contributed by atoms with E-state index in [1.54, 1.807) is 5.48 Å². The van der Waals surface area contributed by atoms with E-state index < -0.39 is 20.7 Å². The molecule has 186 valence electrons. The van der Waals surface area contributed by atoms with Gasteiger partial charge in [-0.15, -0.1) is 12.4 Å². The van der Waals surface area contributed by atoms with E-state index in [9.17, 15) is 18.4 Å². The molecule has 0 bridgehead atoms. The summed E-state index contributed by atoms with van der Waals surface area (Å²) in [5.74, 6) is 0.216. The van der Waals surface area contributed by atoms with Gasteiger partial charge in [0.1, 0.15) is 0 Å². The molecule has 0 unspecified atom stereocenters. The second kappa shape index (κ2) is 11.4. The molecule has 3 heterocycles. The molecule has 1 amide bonds. The second-order valence-corrected chi connectivity index (χ2v) is 11.8. The quantitative estimate of drug-likeness (QED) is 0.438. The van der Waals surface area contributed by atoms with Crippen molar-refractivity contribution in [1.29, 1.82) is 0 Å². The summed E-state index contributed by atoms with van der Waals surface area (Å²) >= 11 is 0. The third-order valence-corrected chi connectivity index (χ3v) is 10.3. The number of ether oxygens (including phenoxy) is 1. The number of hydrogen-bond acceptors (Lipinski definition) is 6. The number of hydroxylamine groups is 1. The number of amides is 1. The molecule has 1 aromatic rings. The van der Waals surface area contributed by atoms with Gasteiger partial charge in [-0.05, 0) is 43.2 Å². The molecule has 4 rings (SSSR count). The van der Waals surface area contributed by atoms with E-state index in [4.69, 9.17) is 9.72 Å². The molecule has 0 atom stereocenters. The predicted octanol–water partition coefficient (Wildman–Crippen LogP) is 3.19. The summed E-state index contributed by atoms with van der Waals surface area (Å²) in [6.45, 7) is 1.05. The lowest BCUT2D eigenvalue weighted by molar-refractivity contribution is -0.134. The molecule has 1 aromatic heterocycles. The van der Waals surface area contributed by atoms with Gasteiger partial charge in [0.2, 0.25) is 10.0 Å². The van der Waals surface area contributed by atoms with Crippen molar-refractivity contribution in [3.63, 3.8) is 0 Å². The number of aryl methyl sites for hydroxylation is 1. The summed E-state index contributed by atoms with van der Waals surface area (Å²) < 4.78 is 31.9. The van der Waals surface area contributed by atoms with Gasteiger partial charge in [0, 0.05) is 57.0 Å². The summed E-state index contributed by atoms with van der Waals surface area (Å²) in [5.41, 5.74) is 3.87. The molecule has 0 aromatic carbocycles. The first kappa shape index (κ1) is 26.3. The SMILES string of the molecule is Cl.O=C(NO)C1(S(=O)(=O)N2CCC(c3ccc(CCC4CCCC4)cn3)CC2)CCOCC1. The van der Waals surface area contributed by atoms with Gasteiger partial charge >= 0.3 is 0 Å². The zero-order valence-electron chi connectivity index (χ0n) is 19.1. The summed E-state index contributed by atoms with van der Waals surface area (Å²) in [6.07, 6.45) is 11.2. The Balaban J connectivity index is 0.00000306. The van der Waals surface area contributed by atoms with Crippen molar-refractivity contribution in [2.45, 2.75) is 74.9 Å². The Morgan fingerprint density at radius 2 is 1.82 bits per heavy atom. The summed E-state index contributed by atoms with van der Waals surface area (Å²) in [6, 6.07) is 4.26. The maximum atomic E-state index is 13.4. The molecule has 10 heteroatoms. The van der Waals surface area contributed by atoms with Gasteiger partial charge in [-0.2, -0.15) is 0 Å². The van der Waals surface area contributed by atoms with Crippen LogP contribution in [0, 0.1) is 5.92 Å². The highest BCUT2D eigenvalue weighted by atomic mass is 35.5. The summed E-state index contributed by atoms with van der Waals surface area (Å²) in [7, 11) is -3.93. The van der Waals surface area contributed by atoms with Crippen LogP contribution in [0.1, 0.15) is 75.0 Å². The van der Waals surface area contributed by atoms with Gasteiger partial charge in [-0.3, -0.25) is 15.0 Å². The molecule has 0 radical (unpaired) electrons. The monoisotopic (exact) mass is 501 g/mol. The maximum absolute atomic E-state index is 13.4. The van der Waals surface area contributed by atoms with Crippen LogP contribution in [0.5, 0.6) is 0 Å². The van der Waals surface area contributed by atoms with Crippen molar-refractivity contribution in [2.75, 3.05) is 26.3 Å². The number of carbonyl (C=O) groups is 1. The number of halogens is 1. The zero-order valence-corrected chi connectivity index (χ0v) is 20.7. The third-order valence-electron chi connectivity index (χ3n) is 7.69. The second-order valence-electron chi connectivity index (χ2n) is 9.51. The summed E-state index contributed by atoms with van der Waals surface area (Å²) in [5, 5.41) is 9.20. The fourth-order valence-electron chi connectivity index (χ4n) is 5.54. The van der Waals surface area contributed by atoms with Gasteiger partial charge in [0.15, 0.2) is 4.75 Å². The minimum absolute atomic E-state index is 0. The van der Waals surface area contributed by atoms with Crippen molar-refractivity contribution in [1.82, 2.24) is 14.8 Å². The van der Waals surface area contributed by atoms with Crippen LogP contribution in [-0.4, -0.2) is 59.9 Å². The van der Waals surface area contributed by atoms with E-state index >= 15 is 0 Å². The first-order chi connectivity index (χ1) is 15.5. The first-order valence-corrected chi connectivity index (χ1v) is 13.4. The molecule has 2 aliphatic heterocycles. The van der Waals surface area contributed by atoms with E-state index in [-0.39, 0.29) is 44.4 Å². The number of piperidine rings is 1. The van der Waals surface area contributed by atoms with Crippen LogP contribution >= 0.6 is 12.4 Å². The molecule has 2 saturated heterocycles. The fraction of sp³-hybridized carbons (Fsp3) is 0.739. The van der Waals surface area contributed by atoms with Gasteiger partial charge in [0.05, 0.1) is 0 Å². The minimum atomic E-state index is -3.93. The van der Waals surface area contributed by atoms with Gasteiger partial charge in [-0.25, -0.2) is 18.2 Å². The highest BCUT2D eigenvalue weighted by Crippen LogP contribution is 2.36. The largest absolute Gasteiger partial charge is 0.381 e. The number of carbonyl (C=O) groups excluding carboxylic acids is 1. The van der Waals surface area contributed by atoms with Crippen molar-refractivity contribution < 1.29 is 23.2 Å². The lowest BCUT2D eigenvalue weighted by atomic mass is 9.93. The molecular formula is C23H36ClN3O5S. The Morgan fingerprint density at radius 1 is 1.15 bits per heavy atom. The lowest BCUT2D eigenvalue weighted by Crippen LogP contribution is -2.60. The van der Waals surface area contributed by atoms with Gasteiger partial charge in [0.25, 0.3) is 5.91 Å². The molecule has 3 aliphatic rings. The normalized spacial score (nSPS) is 22.6. The number of rotatable bonds is 7. The molecule has 8 nitrogen and oxygen atoms in total. The fourth-order valence-corrected chi connectivity index (χ4v) is 7.69. The van der Waals surface area contributed by atoms with Crippen LogP contribution in [0.2, 0.25) is 0 Å². The number of nitrogens with zero attached hydrogens (tertiary/aromatic N) is 2. The number of pyridine rings is 1. The van der Waals surface area contributed by atoms with Crippen LogP contribution in [0.15, 0.2) is 18.3 Å². The average molecular weight is 502 g/mol. The molecule has 2 N–H and O–H groups in total. The lowest BCUT2D eigenvalue weighted by Gasteiger charge is -2.40. The van der Waals surface area contributed by atoms with Crippen LogP contribution < -0.4 is 5.48 Å². The smallest absolute Gasteiger partial charge is 0.266 e. The number of nitrogens with one attached hydrogen (secondary N) is 1. The molecule has 0 spiro atoms. The number of aromatic nitrogens is 1. The molecule has 33 heavy (non-hydrogen) atoms. The summed E-state index contributed by atoms with van der Waals surface area (Å²) in [4.78, 5) is 17.1. The highest BCUT2D eigenvalue weighted by molar-refractivity contribution is 7.91. The Hall–Kier alpha value is -1.26. The average Bonchev–Trinajstić information content (AvgIpc) is 3.37. The molecular weight excluding hydrogens is 466 g/mol. The van der Waals surface area contributed by atoms with Crippen molar-refractivity contribution in [3.05, 3.63) is 29.6 Å². The Labute approximate surface area is 202 Å². The molecule has 1 saturated carbocycles. The Kier molecular flexibility index (Phi) is 9.14.